The number of hydrogen-bond acceptors (Lipinski definition) is 6. The van der Waals surface area contributed by atoms with Crippen molar-refractivity contribution in [2.45, 2.75) is 13.5 Å². The number of thioether (sulfide) groups is 1. The SMILES string of the molecule is CCOC(=O)CN1C(=O)S/C(=C/c2cc(Cl)c(OCc3ccc(F)cc3)c(Cl)c2)C1=O. The summed E-state index contributed by atoms with van der Waals surface area (Å²) in [5, 5.41) is -0.168. The third kappa shape index (κ3) is 5.78. The van der Waals surface area contributed by atoms with Gasteiger partial charge in [0.2, 0.25) is 0 Å². The van der Waals surface area contributed by atoms with E-state index in [1.807, 2.05) is 0 Å². The molecule has 0 aliphatic carbocycles. The van der Waals surface area contributed by atoms with E-state index < -0.39 is 23.7 Å². The van der Waals surface area contributed by atoms with Gasteiger partial charge in [-0.05, 0) is 60.2 Å². The lowest BCUT2D eigenvalue weighted by atomic mass is 10.2. The van der Waals surface area contributed by atoms with Crippen LogP contribution in [0.15, 0.2) is 41.3 Å². The molecule has 0 spiro atoms. The number of rotatable bonds is 7. The molecular weight excluding hydrogens is 468 g/mol. The van der Waals surface area contributed by atoms with Gasteiger partial charge >= 0.3 is 5.97 Å². The van der Waals surface area contributed by atoms with Crippen LogP contribution in [0, 0.1) is 5.82 Å². The Hall–Kier alpha value is -2.55. The van der Waals surface area contributed by atoms with Gasteiger partial charge in [0.25, 0.3) is 11.1 Å². The standard InChI is InChI=1S/C21H16Cl2FNO5S/c1-2-29-18(26)10-25-20(27)17(31-21(25)28)9-13-7-15(22)19(16(23)8-13)30-11-12-3-5-14(24)6-4-12/h3-9H,2,10-11H2,1H3/b17-9+. The van der Waals surface area contributed by atoms with Gasteiger partial charge in [-0.2, -0.15) is 0 Å². The van der Waals surface area contributed by atoms with Crippen molar-refractivity contribution in [3.63, 3.8) is 0 Å². The second-order valence-corrected chi connectivity index (χ2v) is 8.11. The maximum absolute atomic E-state index is 13.0. The van der Waals surface area contributed by atoms with Gasteiger partial charge in [0, 0.05) is 0 Å². The van der Waals surface area contributed by atoms with Crippen LogP contribution in [0.2, 0.25) is 10.0 Å². The minimum absolute atomic E-state index is 0.126. The van der Waals surface area contributed by atoms with Gasteiger partial charge in [-0.3, -0.25) is 19.3 Å². The number of carbonyl (C=O) groups excluding carboxylic acids is 3. The first-order valence-corrected chi connectivity index (χ1v) is 10.6. The predicted molar refractivity (Wildman–Crippen MR) is 117 cm³/mol. The van der Waals surface area contributed by atoms with Crippen molar-refractivity contribution in [2.75, 3.05) is 13.2 Å². The first-order valence-electron chi connectivity index (χ1n) is 9.05. The van der Waals surface area contributed by atoms with Crippen LogP contribution in [0.5, 0.6) is 5.75 Å². The van der Waals surface area contributed by atoms with Crippen molar-refractivity contribution in [3.8, 4) is 5.75 Å². The summed E-state index contributed by atoms with van der Waals surface area (Å²) in [6.45, 7) is 1.46. The van der Waals surface area contributed by atoms with Crippen LogP contribution in [0.3, 0.4) is 0 Å². The van der Waals surface area contributed by atoms with E-state index in [9.17, 15) is 18.8 Å². The molecule has 2 aromatic rings. The third-order valence-corrected chi connectivity index (χ3v) is 5.55. The van der Waals surface area contributed by atoms with Gasteiger partial charge in [-0.25, -0.2) is 4.39 Å². The van der Waals surface area contributed by atoms with Crippen molar-refractivity contribution in [1.82, 2.24) is 4.90 Å². The minimum Gasteiger partial charge on any atom is -0.486 e. The van der Waals surface area contributed by atoms with Crippen LogP contribution in [0.25, 0.3) is 6.08 Å². The van der Waals surface area contributed by atoms with Crippen molar-refractivity contribution in [2.24, 2.45) is 0 Å². The zero-order chi connectivity index (χ0) is 22.5. The fraction of sp³-hybridized carbons (Fsp3) is 0.190. The van der Waals surface area contributed by atoms with E-state index in [-0.39, 0.29) is 39.7 Å². The lowest BCUT2D eigenvalue weighted by molar-refractivity contribution is -0.145. The van der Waals surface area contributed by atoms with E-state index >= 15 is 0 Å². The molecule has 2 amide bonds. The van der Waals surface area contributed by atoms with Gasteiger partial charge < -0.3 is 9.47 Å². The lowest BCUT2D eigenvalue weighted by Crippen LogP contribution is -2.34. The Balaban J connectivity index is 1.74. The average Bonchev–Trinajstić information content (AvgIpc) is 2.96. The Bertz CT molecular complexity index is 1040. The van der Waals surface area contributed by atoms with Crippen molar-refractivity contribution in [1.29, 1.82) is 0 Å². The monoisotopic (exact) mass is 483 g/mol. The van der Waals surface area contributed by atoms with Crippen molar-refractivity contribution in [3.05, 3.63) is 68.3 Å². The molecule has 1 saturated heterocycles. The zero-order valence-electron chi connectivity index (χ0n) is 16.2. The first-order chi connectivity index (χ1) is 14.8. The summed E-state index contributed by atoms with van der Waals surface area (Å²) in [4.78, 5) is 37.1. The molecule has 1 aliphatic heterocycles. The molecule has 0 unspecified atom stereocenters. The Kier molecular flexibility index (Phi) is 7.59. The molecule has 162 valence electrons. The highest BCUT2D eigenvalue weighted by Crippen LogP contribution is 2.37. The number of amides is 2. The van der Waals surface area contributed by atoms with E-state index in [1.165, 1.54) is 30.3 Å². The normalized spacial score (nSPS) is 15.0. The zero-order valence-corrected chi connectivity index (χ0v) is 18.5. The quantitative estimate of drug-likeness (QED) is 0.392. The van der Waals surface area contributed by atoms with Crippen LogP contribution in [0.1, 0.15) is 18.1 Å². The summed E-state index contributed by atoms with van der Waals surface area (Å²) in [5.74, 6) is -1.39. The molecule has 6 nitrogen and oxygen atoms in total. The Labute approximate surface area is 191 Å². The molecule has 3 rings (SSSR count). The first kappa shape index (κ1) is 23.1. The fourth-order valence-corrected chi connectivity index (χ4v) is 4.11. The van der Waals surface area contributed by atoms with Crippen LogP contribution in [-0.4, -0.2) is 35.2 Å². The largest absolute Gasteiger partial charge is 0.486 e. The summed E-state index contributed by atoms with van der Waals surface area (Å²) in [7, 11) is 0. The summed E-state index contributed by atoms with van der Waals surface area (Å²) < 4.78 is 23.4. The third-order valence-electron chi connectivity index (χ3n) is 4.08. The highest BCUT2D eigenvalue weighted by atomic mass is 35.5. The van der Waals surface area contributed by atoms with Gasteiger partial charge in [-0.1, -0.05) is 35.3 Å². The predicted octanol–water partition coefficient (Wildman–Crippen LogP) is 5.31. The second-order valence-electron chi connectivity index (χ2n) is 6.30. The highest BCUT2D eigenvalue weighted by molar-refractivity contribution is 8.18. The van der Waals surface area contributed by atoms with E-state index in [4.69, 9.17) is 32.7 Å². The van der Waals surface area contributed by atoms with Crippen LogP contribution >= 0.6 is 35.0 Å². The molecule has 1 heterocycles. The number of hydrogen-bond donors (Lipinski definition) is 0. The average molecular weight is 484 g/mol. The Morgan fingerprint density at radius 1 is 1.16 bits per heavy atom. The number of benzene rings is 2. The van der Waals surface area contributed by atoms with E-state index in [1.54, 1.807) is 19.1 Å². The smallest absolute Gasteiger partial charge is 0.326 e. The second kappa shape index (κ2) is 10.2. The molecule has 0 aromatic heterocycles. The van der Waals surface area contributed by atoms with Crippen molar-refractivity contribution < 1.29 is 28.2 Å². The number of nitrogens with zero attached hydrogens (tertiary/aromatic N) is 1. The maximum atomic E-state index is 13.0. The van der Waals surface area contributed by atoms with Crippen LogP contribution < -0.4 is 4.74 Å². The van der Waals surface area contributed by atoms with E-state index in [2.05, 4.69) is 0 Å². The molecule has 0 atom stereocenters. The summed E-state index contributed by atoms with van der Waals surface area (Å²) >= 11 is 13.3. The summed E-state index contributed by atoms with van der Waals surface area (Å²) in [5.41, 5.74) is 1.21. The number of esters is 1. The van der Waals surface area contributed by atoms with Gasteiger partial charge in [-0.15, -0.1) is 0 Å². The minimum atomic E-state index is -0.667. The van der Waals surface area contributed by atoms with Gasteiger partial charge in [0.1, 0.15) is 19.0 Å². The van der Waals surface area contributed by atoms with E-state index in [0.29, 0.717) is 17.3 Å². The molecule has 1 aliphatic rings. The maximum Gasteiger partial charge on any atom is 0.326 e. The van der Waals surface area contributed by atoms with E-state index in [0.717, 1.165) is 10.5 Å². The Morgan fingerprint density at radius 2 is 1.81 bits per heavy atom. The number of imide groups is 1. The number of halogens is 3. The molecule has 0 saturated carbocycles. The molecule has 31 heavy (non-hydrogen) atoms. The molecule has 0 N–H and O–H groups in total. The highest BCUT2D eigenvalue weighted by Gasteiger charge is 2.36. The number of carbonyl (C=O) groups is 3. The molecule has 0 radical (unpaired) electrons. The van der Waals surface area contributed by atoms with Crippen molar-refractivity contribution >= 4 is 58.2 Å². The number of ether oxygens (including phenoxy) is 2. The molecule has 2 aromatic carbocycles. The molecule has 0 bridgehead atoms. The summed E-state index contributed by atoms with van der Waals surface area (Å²) in [6, 6.07) is 8.87. The van der Waals surface area contributed by atoms with Crippen LogP contribution in [-0.2, 0) is 20.9 Å². The molecule has 1 fully saturated rings. The topological polar surface area (TPSA) is 72.9 Å². The van der Waals surface area contributed by atoms with Gasteiger partial charge in [0.15, 0.2) is 5.75 Å². The van der Waals surface area contributed by atoms with Crippen LogP contribution in [0.4, 0.5) is 9.18 Å². The fourth-order valence-electron chi connectivity index (χ4n) is 2.66. The van der Waals surface area contributed by atoms with Gasteiger partial charge in [0.05, 0.1) is 21.6 Å². The lowest BCUT2D eigenvalue weighted by Gasteiger charge is -2.12. The summed E-state index contributed by atoms with van der Waals surface area (Å²) in [6.07, 6.45) is 1.46. The molecule has 10 heteroatoms. The Morgan fingerprint density at radius 3 is 2.42 bits per heavy atom. The molecular formula is C21H16Cl2FNO5S.